The molecule has 0 aliphatic heterocycles. The average Bonchev–Trinajstić information content (AvgIpc) is 3.14. The van der Waals surface area contributed by atoms with Gasteiger partial charge in [-0.1, -0.05) is 91.3 Å². The number of nitrogens with zero attached hydrogens (tertiary/aromatic N) is 1. The molecule has 2 atom stereocenters. The molecule has 1 saturated carbocycles. The minimum absolute atomic E-state index is 0.0895. The van der Waals surface area contributed by atoms with E-state index in [9.17, 15) is 9.59 Å². The zero-order chi connectivity index (χ0) is 33.8. The molecule has 1 N–H and O–H groups in total. The van der Waals surface area contributed by atoms with Gasteiger partial charge in [0.1, 0.15) is 23.4 Å². The molecule has 1 aliphatic carbocycles. The van der Waals surface area contributed by atoms with E-state index in [0.29, 0.717) is 28.8 Å². The molecule has 0 aromatic heterocycles. The SMILES string of the molecule is COC(=O)c1ccccc1NC(=O)Cc1ccc(Oc2ccc(OC3CCCCC3N(Cc3ccccc3)Cc3ccccc3)cc2)cc1. The maximum atomic E-state index is 12.7. The van der Waals surface area contributed by atoms with Crippen LogP contribution in [0.1, 0.15) is 52.7 Å². The number of hydrogen-bond donors (Lipinski definition) is 1. The number of nitrogens with one attached hydrogen (secondary N) is 1. The molecule has 2 unspecified atom stereocenters. The van der Waals surface area contributed by atoms with Gasteiger partial charge in [-0.05, 0) is 84.5 Å². The third-order valence-corrected chi connectivity index (χ3v) is 8.84. The van der Waals surface area contributed by atoms with Gasteiger partial charge >= 0.3 is 5.97 Å². The summed E-state index contributed by atoms with van der Waals surface area (Å²) in [4.78, 5) is 27.3. The summed E-state index contributed by atoms with van der Waals surface area (Å²) in [5.74, 6) is 1.47. The van der Waals surface area contributed by atoms with Crippen LogP contribution in [-0.2, 0) is 29.0 Å². The molecule has 1 aliphatic rings. The first-order valence-electron chi connectivity index (χ1n) is 16.9. The molecule has 0 spiro atoms. The zero-order valence-corrected chi connectivity index (χ0v) is 27.8. The zero-order valence-electron chi connectivity index (χ0n) is 27.8. The summed E-state index contributed by atoms with van der Waals surface area (Å²) in [6.07, 6.45) is 4.72. The van der Waals surface area contributed by atoms with Crippen molar-refractivity contribution < 1.29 is 23.8 Å². The summed E-state index contributed by atoms with van der Waals surface area (Å²) < 4.78 is 17.6. The molecule has 49 heavy (non-hydrogen) atoms. The largest absolute Gasteiger partial charge is 0.489 e. The maximum Gasteiger partial charge on any atom is 0.339 e. The Balaban J connectivity index is 1.06. The molecule has 0 saturated heterocycles. The molecular formula is C42H42N2O5. The lowest BCUT2D eigenvalue weighted by Crippen LogP contribution is -2.47. The van der Waals surface area contributed by atoms with E-state index in [0.717, 1.165) is 43.7 Å². The van der Waals surface area contributed by atoms with Crippen molar-refractivity contribution in [2.75, 3.05) is 12.4 Å². The van der Waals surface area contributed by atoms with E-state index in [2.05, 4.69) is 70.9 Å². The highest BCUT2D eigenvalue weighted by Crippen LogP contribution is 2.31. The molecule has 0 heterocycles. The minimum Gasteiger partial charge on any atom is -0.489 e. The van der Waals surface area contributed by atoms with Gasteiger partial charge < -0.3 is 19.5 Å². The highest BCUT2D eigenvalue weighted by atomic mass is 16.5. The normalized spacial score (nSPS) is 15.7. The number of carbonyl (C=O) groups excluding carboxylic acids is 2. The van der Waals surface area contributed by atoms with E-state index in [-0.39, 0.29) is 18.4 Å². The predicted molar refractivity (Wildman–Crippen MR) is 192 cm³/mol. The molecule has 5 aromatic carbocycles. The third kappa shape index (κ3) is 9.36. The molecule has 1 amide bonds. The summed E-state index contributed by atoms with van der Waals surface area (Å²) in [5, 5.41) is 2.81. The average molecular weight is 655 g/mol. The Morgan fingerprint density at radius 2 is 1.20 bits per heavy atom. The van der Waals surface area contributed by atoms with Gasteiger partial charge in [0, 0.05) is 19.1 Å². The number of hydrogen-bond acceptors (Lipinski definition) is 6. The number of anilines is 1. The van der Waals surface area contributed by atoms with Crippen molar-refractivity contribution in [2.24, 2.45) is 0 Å². The van der Waals surface area contributed by atoms with Crippen LogP contribution < -0.4 is 14.8 Å². The highest BCUT2D eigenvalue weighted by molar-refractivity contribution is 6.01. The third-order valence-electron chi connectivity index (χ3n) is 8.84. The molecule has 0 bridgehead atoms. The maximum absolute atomic E-state index is 12.7. The summed E-state index contributed by atoms with van der Waals surface area (Å²) in [5.41, 5.74) is 4.16. The van der Waals surface area contributed by atoms with E-state index in [1.807, 2.05) is 48.5 Å². The molecule has 5 aromatic rings. The first kappa shape index (κ1) is 33.5. The quantitative estimate of drug-likeness (QED) is 0.128. The molecule has 7 heteroatoms. The van der Waals surface area contributed by atoms with Crippen molar-refractivity contribution in [2.45, 2.75) is 57.3 Å². The molecule has 250 valence electrons. The van der Waals surface area contributed by atoms with Crippen LogP contribution in [0.4, 0.5) is 5.69 Å². The second kappa shape index (κ2) is 16.6. The number of carbonyl (C=O) groups is 2. The van der Waals surface area contributed by atoms with Gasteiger partial charge in [0.15, 0.2) is 0 Å². The summed E-state index contributed by atoms with van der Waals surface area (Å²) >= 11 is 0. The smallest absolute Gasteiger partial charge is 0.339 e. The Kier molecular flexibility index (Phi) is 11.4. The van der Waals surface area contributed by atoms with Gasteiger partial charge in [0.2, 0.25) is 5.91 Å². The standard InChI is InChI=1S/C42H42N2O5/c1-47-42(46)37-16-8-9-17-38(37)43-41(45)28-31-20-22-34(23-21-31)48-35-24-26-36(27-25-35)49-40-19-11-10-18-39(40)44(29-32-12-4-2-5-13-32)30-33-14-6-3-7-15-33/h2-9,12-17,20-27,39-40H,10-11,18-19,28-30H2,1H3,(H,43,45). The van der Waals surface area contributed by atoms with Gasteiger partial charge in [-0.2, -0.15) is 0 Å². The number of esters is 1. The van der Waals surface area contributed by atoms with Crippen LogP contribution >= 0.6 is 0 Å². The van der Waals surface area contributed by atoms with Crippen LogP contribution in [0, 0.1) is 0 Å². The van der Waals surface area contributed by atoms with Crippen LogP contribution in [0.25, 0.3) is 0 Å². The molecular weight excluding hydrogens is 612 g/mol. The highest BCUT2D eigenvalue weighted by Gasteiger charge is 2.32. The van der Waals surface area contributed by atoms with Crippen LogP contribution in [0.3, 0.4) is 0 Å². The van der Waals surface area contributed by atoms with E-state index in [4.69, 9.17) is 14.2 Å². The van der Waals surface area contributed by atoms with E-state index >= 15 is 0 Å². The number of rotatable bonds is 13. The lowest BCUT2D eigenvalue weighted by Gasteiger charge is -2.40. The summed E-state index contributed by atoms with van der Waals surface area (Å²) in [6.45, 7) is 1.75. The van der Waals surface area contributed by atoms with Crippen molar-refractivity contribution in [3.8, 4) is 17.2 Å². The molecule has 0 radical (unpaired) electrons. The number of para-hydroxylation sites is 1. The van der Waals surface area contributed by atoms with Crippen molar-refractivity contribution in [3.05, 3.63) is 156 Å². The fraction of sp³-hybridized carbons (Fsp3) is 0.238. The second-order valence-corrected chi connectivity index (χ2v) is 12.4. The first-order valence-corrected chi connectivity index (χ1v) is 16.9. The van der Waals surface area contributed by atoms with Gasteiger partial charge in [-0.15, -0.1) is 0 Å². The van der Waals surface area contributed by atoms with Crippen LogP contribution in [-0.4, -0.2) is 36.0 Å². The van der Waals surface area contributed by atoms with Crippen LogP contribution in [0.5, 0.6) is 17.2 Å². The molecule has 7 nitrogen and oxygen atoms in total. The van der Waals surface area contributed by atoms with E-state index in [1.54, 1.807) is 24.3 Å². The van der Waals surface area contributed by atoms with E-state index in [1.165, 1.54) is 24.7 Å². The van der Waals surface area contributed by atoms with Gasteiger partial charge in [0.05, 0.1) is 24.8 Å². The minimum atomic E-state index is -0.500. The number of benzene rings is 5. The fourth-order valence-corrected chi connectivity index (χ4v) is 6.39. The monoisotopic (exact) mass is 654 g/mol. The Labute approximate surface area is 288 Å². The Bertz CT molecular complexity index is 1750. The number of methoxy groups -OCH3 is 1. The number of amides is 1. The van der Waals surface area contributed by atoms with E-state index < -0.39 is 5.97 Å². The van der Waals surface area contributed by atoms with Crippen LogP contribution in [0.2, 0.25) is 0 Å². The summed E-state index contributed by atoms with van der Waals surface area (Å²) in [7, 11) is 1.31. The van der Waals surface area contributed by atoms with Crippen LogP contribution in [0.15, 0.2) is 133 Å². The number of ether oxygens (including phenoxy) is 3. The van der Waals surface area contributed by atoms with Crippen molar-refractivity contribution in [1.29, 1.82) is 0 Å². The topological polar surface area (TPSA) is 77.1 Å². The lowest BCUT2D eigenvalue weighted by molar-refractivity contribution is -0.115. The van der Waals surface area contributed by atoms with Gasteiger partial charge in [-0.25, -0.2) is 4.79 Å². The van der Waals surface area contributed by atoms with Gasteiger partial charge in [0.25, 0.3) is 0 Å². The molecule has 1 fully saturated rings. The van der Waals surface area contributed by atoms with Gasteiger partial charge in [-0.3, -0.25) is 9.69 Å². The fourth-order valence-electron chi connectivity index (χ4n) is 6.39. The second-order valence-electron chi connectivity index (χ2n) is 12.4. The Hall–Kier alpha value is -5.40. The first-order chi connectivity index (χ1) is 24.0. The van der Waals surface area contributed by atoms with Crippen molar-refractivity contribution in [3.63, 3.8) is 0 Å². The van der Waals surface area contributed by atoms with Crippen molar-refractivity contribution >= 4 is 17.6 Å². The Morgan fingerprint density at radius 3 is 1.84 bits per heavy atom. The lowest BCUT2D eigenvalue weighted by atomic mass is 9.90. The van der Waals surface area contributed by atoms with Crippen molar-refractivity contribution in [1.82, 2.24) is 4.90 Å². The predicted octanol–water partition coefficient (Wildman–Crippen LogP) is 8.84. The summed E-state index contributed by atoms with van der Waals surface area (Å²) in [6, 6.07) is 43.7. The molecule has 6 rings (SSSR count). The Morgan fingerprint density at radius 1 is 0.653 bits per heavy atom.